The first-order chi connectivity index (χ1) is 8.58. The topological polar surface area (TPSA) is 29.1 Å². The quantitative estimate of drug-likeness (QED) is 0.826. The summed E-state index contributed by atoms with van der Waals surface area (Å²) in [5.41, 5.74) is 0.0471. The molecule has 94 valence electrons. The Morgan fingerprint density at radius 2 is 2.11 bits per heavy atom. The number of hydrogen-bond acceptors (Lipinski definition) is 2. The first-order valence-corrected chi connectivity index (χ1v) is 7.49. The summed E-state index contributed by atoms with van der Waals surface area (Å²) in [4.78, 5) is 12.8. The zero-order valence-electron chi connectivity index (χ0n) is 9.04. The molecule has 6 heteroatoms. The Labute approximate surface area is 124 Å². The standard InChI is InChI=1S/C12H8Br2FNOS/c13-7-1-2-8(10(15)5-7)12(17)16-6-11-9(14)3-4-18-11/h1-5H,6H2,(H,16,17). The first kappa shape index (κ1) is 13.7. The number of carbonyl (C=O) groups excluding carboxylic acids is 1. The lowest BCUT2D eigenvalue weighted by Crippen LogP contribution is -2.23. The lowest BCUT2D eigenvalue weighted by atomic mass is 10.2. The van der Waals surface area contributed by atoms with Gasteiger partial charge in [-0.2, -0.15) is 0 Å². The predicted octanol–water partition coefficient (Wildman–Crippen LogP) is 4.34. The van der Waals surface area contributed by atoms with Gasteiger partial charge < -0.3 is 5.32 Å². The van der Waals surface area contributed by atoms with E-state index in [1.807, 2.05) is 11.4 Å². The molecule has 1 amide bonds. The summed E-state index contributed by atoms with van der Waals surface area (Å²) in [6.45, 7) is 0.382. The number of thiophene rings is 1. The van der Waals surface area contributed by atoms with Crippen LogP contribution in [0.25, 0.3) is 0 Å². The maximum Gasteiger partial charge on any atom is 0.254 e. The van der Waals surface area contributed by atoms with E-state index in [1.54, 1.807) is 6.07 Å². The van der Waals surface area contributed by atoms with Gasteiger partial charge in [-0.3, -0.25) is 4.79 Å². The fourth-order valence-corrected chi connectivity index (χ4v) is 3.15. The van der Waals surface area contributed by atoms with Crippen LogP contribution < -0.4 is 5.32 Å². The molecule has 0 bridgehead atoms. The zero-order chi connectivity index (χ0) is 13.1. The highest BCUT2D eigenvalue weighted by molar-refractivity contribution is 9.10. The molecule has 0 saturated heterocycles. The molecule has 1 N–H and O–H groups in total. The average molecular weight is 393 g/mol. The Kier molecular flexibility index (Phi) is 4.53. The third-order valence-corrected chi connectivity index (χ3v) is 4.70. The van der Waals surface area contributed by atoms with Crippen LogP contribution in [-0.4, -0.2) is 5.91 Å². The molecule has 0 radical (unpaired) electrons. The van der Waals surface area contributed by atoms with Gasteiger partial charge in [0.1, 0.15) is 5.82 Å². The number of hydrogen-bond donors (Lipinski definition) is 1. The number of amides is 1. The Morgan fingerprint density at radius 3 is 2.72 bits per heavy atom. The van der Waals surface area contributed by atoms with E-state index in [-0.39, 0.29) is 5.56 Å². The van der Waals surface area contributed by atoms with E-state index in [0.29, 0.717) is 11.0 Å². The Hall–Kier alpha value is -0.720. The summed E-state index contributed by atoms with van der Waals surface area (Å²) in [6.07, 6.45) is 0. The van der Waals surface area contributed by atoms with E-state index in [1.165, 1.54) is 23.5 Å². The van der Waals surface area contributed by atoms with Gasteiger partial charge in [-0.25, -0.2) is 4.39 Å². The van der Waals surface area contributed by atoms with Gasteiger partial charge in [-0.1, -0.05) is 15.9 Å². The summed E-state index contributed by atoms with van der Waals surface area (Å²) in [5, 5.41) is 4.61. The van der Waals surface area contributed by atoms with Gasteiger partial charge in [0.2, 0.25) is 0 Å². The van der Waals surface area contributed by atoms with E-state index < -0.39 is 11.7 Å². The van der Waals surface area contributed by atoms with Crippen molar-refractivity contribution in [2.45, 2.75) is 6.54 Å². The highest BCUT2D eigenvalue weighted by atomic mass is 79.9. The number of halogens is 3. The van der Waals surface area contributed by atoms with Crippen molar-refractivity contribution in [3.63, 3.8) is 0 Å². The largest absolute Gasteiger partial charge is 0.347 e. The van der Waals surface area contributed by atoms with Gasteiger partial charge in [0.05, 0.1) is 12.1 Å². The third-order valence-electron chi connectivity index (χ3n) is 2.28. The number of carbonyl (C=O) groups is 1. The summed E-state index contributed by atoms with van der Waals surface area (Å²) in [5.74, 6) is -0.951. The third kappa shape index (κ3) is 3.18. The summed E-state index contributed by atoms with van der Waals surface area (Å²) in [6, 6.07) is 6.28. The Morgan fingerprint density at radius 1 is 1.33 bits per heavy atom. The van der Waals surface area contributed by atoms with E-state index >= 15 is 0 Å². The molecule has 0 fully saturated rings. The summed E-state index contributed by atoms with van der Waals surface area (Å²) < 4.78 is 15.1. The fourth-order valence-electron chi connectivity index (χ4n) is 1.38. The van der Waals surface area contributed by atoms with E-state index in [9.17, 15) is 9.18 Å². The van der Waals surface area contributed by atoms with Crippen LogP contribution in [0.15, 0.2) is 38.6 Å². The molecule has 1 aromatic heterocycles. The van der Waals surface area contributed by atoms with Crippen molar-refractivity contribution in [3.05, 3.63) is 54.8 Å². The van der Waals surface area contributed by atoms with Crippen LogP contribution in [0.5, 0.6) is 0 Å². The predicted molar refractivity (Wildman–Crippen MR) is 77.3 cm³/mol. The number of rotatable bonds is 3. The average Bonchev–Trinajstić information content (AvgIpc) is 2.72. The highest BCUT2D eigenvalue weighted by Crippen LogP contribution is 2.22. The molecule has 2 rings (SSSR count). The molecule has 0 atom stereocenters. The van der Waals surface area contributed by atoms with Crippen LogP contribution in [0.4, 0.5) is 4.39 Å². The molecule has 1 aromatic carbocycles. The highest BCUT2D eigenvalue weighted by Gasteiger charge is 2.12. The molecular weight excluding hydrogens is 385 g/mol. The Balaban J connectivity index is 2.06. The molecule has 0 aliphatic heterocycles. The second-order valence-electron chi connectivity index (χ2n) is 3.50. The minimum Gasteiger partial charge on any atom is -0.347 e. The number of nitrogens with one attached hydrogen (secondary N) is 1. The van der Waals surface area contributed by atoms with Crippen molar-refractivity contribution >= 4 is 49.1 Å². The minimum atomic E-state index is -0.535. The van der Waals surface area contributed by atoms with Gasteiger partial charge in [0.25, 0.3) is 5.91 Å². The van der Waals surface area contributed by atoms with Crippen molar-refractivity contribution in [2.75, 3.05) is 0 Å². The summed E-state index contributed by atoms with van der Waals surface area (Å²) in [7, 11) is 0. The minimum absolute atomic E-state index is 0.0471. The summed E-state index contributed by atoms with van der Waals surface area (Å²) >= 11 is 8.06. The SMILES string of the molecule is O=C(NCc1sccc1Br)c1ccc(Br)cc1F. The molecule has 18 heavy (non-hydrogen) atoms. The van der Waals surface area contributed by atoms with Crippen molar-refractivity contribution in [3.8, 4) is 0 Å². The lowest BCUT2D eigenvalue weighted by Gasteiger charge is -2.05. The fraction of sp³-hybridized carbons (Fsp3) is 0.0833. The molecule has 0 aliphatic rings. The van der Waals surface area contributed by atoms with Crippen molar-refractivity contribution < 1.29 is 9.18 Å². The molecule has 0 unspecified atom stereocenters. The monoisotopic (exact) mass is 391 g/mol. The maximum absolute atomic E-state index is 13.5. The first-order valence-electron chi connectivity index (χ1n) is 5.03. The molecule has 0 spiro atoms. The molecule has 0 aliphatic carbocycles. The van der Waals surface area contributed by atoms with Gasteiger partial charge in [0.15, 0.2) is 0 Å². The van der Waals surface area contributed by atoms with E-state index in [4.69, 9.17) is 0 Å². The van der Waals surface area contributed by atoms with Crippen molar-refractivity contribution in [2.24, 2.45) is 0 Å². The maximum atomic E-state index is 13.5. The van der Waals surface area contributed by atoms with E-state index in [2.05, 4.69) is 37.2 Å². The zero-order valence-corrected chi connectivity index (χ0v) is 13.0. The normalized spacial score (nSPS) is 10.4. The smallest absolute Gasteiger partial charge is 0.254 e. The van der Waals surface area contributed by atoms with Gasteiger partial charge in [-0.05, 0) is 45.6 Å². The molecule has 0 saturated carbocycles. The van der Waals surface area contributed by atoms with Crippen molar-refractivity contribution in [1.82, 2.24) is 5.32 Å². The molecule has 1 heterocycles. The van der Waals surface area contributed by atoms with Gasteiger partial charge >= 0.3 is 0 Å². The Bertz CT molecular complexity index is 585. The lowest BCUT2D eigenvalue weighted by molar-refractivity contribution is 0.0947. The van der Waals surface area contributed by atoms with Crippen LogP contribution in [0.1, 0.15) is 15.2 Å². The van der Waals surface area contributed by atoms with Gasteiger partial charge in [0, 0.05) is 13.8 Å². The van der Waals surface area contributed by atoms with Crippen LogP contribution in [0.3, 0.4) is 0 Å². The van der Waals surface area contributed by atoms with Crippen LogP contribution in [0, 0.1) is 5.82 Å². The van der Waals surface area contributed by atoms with Crippen LogP contribution in [-0.2, 0) is 6.54 Å². The van der Waals surface area contributed by atoms with Crippen LogP contribution >= 0.6 is 43.2 Å². The molecule has 2 aromatic rings. The number of benzene rings is 1. The second-order valence-corrected chi connectivity index (χ2v) is 6.27. The van der Waals surface area contributed by atoms with Crippen molar-refractivity contribution in [1.29, 1.82) is 0 Å². The van der Waals surface area contributed by atoms with Gasteiger partial charge in [-0.15, -0.1) is 11.3 Å². The van der Waals surface area contributed by atoms with Crippen LogP contribution in [0.2, 0.25) is 0 Å². The molecular formula is C12H8Br2FNOS. The molecule has 2 nitrogen and oxygen atoms in total. The van der Waals surface area contributed by atoms with E-state index in [0.717, 1.165) is 9.35 Å². The second kappa shape index (κ2) is 5.95.